The third kappa shape index (κ3) is 3.30. The average molecular weight is 663 g/mol. The fourth-order valence-electron chi connectivity index (χ4n) is 10.9. The summed E-state index contributed by atoms with van der Waals surface area (Å²) in [4.78, 5) is 20.9. The highest BCUT2D eigenvalue weighted by molar-refractivity contribution is 5.99. The fraction of sp³-hybridized carbons (Fsp3) is 0.200. The third-order valence-electron chi connectivity index (χ3n) is 12.8. The van der Waals surface area contributed by atoms with Crippen LogP contribution in [0.1, 0.15) is 35.6 Å². The van der Waals surface area contributed by atoms with Crippen molar-refractivity contribution in [1.29, 1.82) is 0 Å². The molecule has 4 atom stereocenters. The minimum atomic E-state index is -0.431. The van der Waals surface area contributed by atoms with E-state index in [0.29, 0.717) is 0 Å². The van der Waals surface area contributed by atoms with E-state index in [4.69, 9.17) is 16.5 Å². The molecule has 1 aliphatic carbocycles. The van der Waals surface area contributed by atoms with Crippen molar-refractivity contribution in [3.8, 4) is 11.4 Å². The number of benzene rings is 5. The van der Waals surface area contributed by atoms with E-state index in [9.17, 15) is 0 Å². The summed E-state index contributed by atoms with van der Waals surface area (Å²) in [6.45, 7) is 9.72. The molecule has 248 valence electrons. The van der Waals surface area contributed by atoms with Crippen molar-refractivity contribution in [3.05, 3.63) is 156 Å². The maximum absolute atomic E-state index is 5.49. The molecule has 1 spiro atoms. The van der Waals surface area contributed by atoms with Gasteiger partial charge in [-0.2, -0.15) is 0 Å². The van der Waals surface area contributed by atoms with Gasteiger partial charge >= 0.3 is 0 Å². The Hall–Kier alpha value is -5.88. The van der Waals surface area contributed by atoms with Crippen LogP contribution >= 0.6 is 0 Å². The average Bonchev–Trinajstić information content (AvgIpc) is 3.78. The van der Waals surface area contributed by atoms with Crippen LogP contribution in [-0.2, 0) is 11.8 Å². The minimum Gasteiger partial charge on any atom is -0.349 e. The Bertz CT molecular complexity index is 2460. The van der Waals surface area contributed by atoms with Crippen molar-refractivity contribution in [2.24, 2.45) is 5.41 Å². The van der Waals surface area contributed by atoms with Gasteiger partial charge in [0, 0.05) is 35.0 Å². The number of nitrogens with zero attached hydrogens (tertiary/aromatic N) is 6. The number of fused-ring (bicyclic) bond motifs is 12. The van der Waals surface area contributed by atoms with Gasteiger partial charge in [0.1, 0.15) is 18.0 Å². The molecule has 4 unspecified atom stereocenters. The second kappa shape index (κ2) is 9.88. The quantitative estimate of drug-likeness (QED) is 0.188. The van der Waals surface area contributed by atoms with Crippen molar-refractivity contribution in [2.45, 2.75) is 44.4 Å². The summed E-state index contributed by atoms with van der Waals surface area (Å²) in [7, 11) is 2.27. The summed E-state index contributed by atoms with van der Waals surface area (Å²) in [5.74, 6) is 1.70. The zero-order chi connectivity index (χ0) is 34.2. The Balaban J connectivity index is 1.26. The number of rotatable bonds is 3. The summed E-state index contributed by atoms with van der Waals surface area (Å²) in [6.07, 6.45) is 3.67. The molecule has 6 heteroatoms. The van der Waals surface area contributed by atoms with E-state index in [0.717, 1.165) is 47.0 Å². The van der Waals surface area contributed by atoms with Gasteiger partial charge in [-0.1, -0.05) is 98.4 Å². The molecule has 51 heavy (non-hydrogen) atoms. The van der Waals surface area contributed by atoms with E-state index in [2.05, 4.69) is 168 Å². The molecule has 0 saturated carbocycles. The van der Waals surface area contributed by atoms with Crippen LogP contribution in [0.25, 0.3) is 17.0 Å². The molecular weight excluding hydrogens is 625 g/mol. The van der Waals surface area contributed by atoms with Crippen LogP contribution in [0.3, 0.4) is 0 Å². The molecule has 11 rings (SSSR count). The summed E-state index contributed by atoms with van der Waals surface area (Å²) in [5.41, 5.74) is 13.7. The number of hydrogen-bond acceptors (Lipinski definition) is 6. The first kappa shape index (κ1) is 28.9. The Labute approximate surface area is 298 Å². The van der Waals surface area contributed by atoms with Crippen molar-refractivity contribution in [1.82, 2.24) is 9.97 Å². The first-order valence-electron chi connectivity index (χ1n) is 18.1. The monoisotopic (exact) mass is 662 g/mol. The Morgan fingerprint density at radius 3 is 2.16 bits per heavy atom. The number of aryl methyl sites for hydroxylation is 1. The first-order chi connectivity index (χ1) is 25.0. The lowest BCUT2D eigenvalue weighted by molar-refractivity contribution is 0.0810. The van der Waals surface area contributed by atoms with E-state index in [1.54, 1.807) is 0 Å². The number of aromatic nitrogens is 2. The molecule has 5 aliphatic rings. The van der Waals surface area contributed by atoms with Crippen molar-refractivity contribution in [2.75, 3.05) is 26.6 Å². The number of anilines is 7. The third-order valence-corrected chi connectivity index (χ3v) is 12.8. The van der Waals surface area contributed by atoms with Crippen LogP contribution < -0.4 is 19.6 Å². The topological polar surface area (TPSA) is 38.7 Å². The molecule has 0 amide bonds. The van der Waals surface area contributed by atoms with Gasteiger partial charge in [-0.3, -0.25) is 0 Å². The van der Waals surface area contributed by atoms with Gasteiger partial charge in [-0.25, -0.2) is 9.97 Å². The molecule has 5 aromatic carbocycles. The van der Waals surface area contributed by atoms with Crippen LogP contribution in [0.15, 0.2) is 134 Å². The van der Waals surface area contributed by atoms with Crippen LogP contribution in [0.2, 0.25) is 0 Å². The minimum absolute atomic E-state index is 0.0735. The lowest BCUT2D eigenvalue weighted by Gasteiger charge is -2.63. The normalized spacial score (nSPS) is 24.4. The maximum atomic E-state index is 5.49. The van der Waals surface area contributed by atoms with Crippen molar-refractivity contribution < 1.29 is 0 Å². The maximum Gasteiger partial charge on any atom is 0.162 e. The van der Waals surface area contributed by atoms with Crippen LogP contribution in [-0.4, -0.2) is 29.3 Å². The van der Waals surface area contributed by atoms with Gasteiger partial charge in [0.25, 0.3) is 0 Å². The Morgan fingerprint density at radius 2 is 1.39 bits per heavy atom. The number of allylic oxidation sites excluding steroid dienone is 1. The molecule has 0 saturated heterocycles. The summed E-state index contributed by atoms with van der Waals surface area (Å²) in [5, 5.41) is 0. The SMILES string of the molecule is C=C1c2ccccc2N2c3nc(-c4ccccc4C)ncc3N(C)C2C2(CC)C3N(c4ccccc4)c4ccccc4N3c3ccc4cc3C12C4. The standard InChI is InChI=1S/C45H38N6/c1-5-44-42-48(4)39-27-46-40(32-18-10-9-15-28(32)2)47-41(39)51(42)35-20-12-11-19-33(35)29(3)45(44)26-30-23-24-36(34(45)25-30)50-38-22-14-13-21-37(38)49(43(44)50)31-16-7-6-8-17-31/h6-25,27,42-43H,3,5,26H2,1-2,4H3. The largest absolute Gasteiger partial charge is 0.349 e. The Morgan fingerprint density at radius 1 is 0.706 bits per heavy atom. The lowest BCUT2D eigenvalue weighted by Crippen LogP contribution is -2.72. The lowest BCUT2D eigenvalue weighted by atomic mass is 9.50. The summed E-state index contributed by atoms with van der Waals surface area (Å²) < 4.78 is 0. The molecule has 6 aromatic rings. The van der Waals surface area contributed by atoms with Gasteiger partial charge in [0.2, 0.25) is 0 Å². The predicted octanol–water partition coefficient (Wildman–Crippen LogP) is 9.91. The molecule has 0 radical (unpaired) electrons. The smallest absolute Gasteiger partial charge is 0.162 e. The molecule has 0 fully saturated rings. The van der Waals surface area contributed by atoms with Crippen LogP contribution in [0, 0.1) is 12.3 Å². The summed E-state index contributed by atoms with van der Waals surface area (Å²) in [6, 6.07) is 44.6. The zero-order valence-corrected chi connectivity index (χ0v) is 29.1. The highest BCUT2D eigenvalue weighted by atomic mass is 15.5. The van der Waals surface area contributed by atoms with E-state index in [-0.39, 0.29) is 12.3 Å². The Kier molecular flexibility index (Phi) is 5.60. The second-order valence-electron chi connectivity index (χ2n) is 14.8. The van der Waals surface area contributed by atoms with Gasteiger partial charge in [0.05, 0.1) is 28.7 Å². The first-order valence-corrected chi connectivity index (χ1v) is 18.1. The van der Waals surface area contributed by atoms with Crippen LogP contribution in [0.5, 0.6) is 0 Å². The number of hydrogen-bond donors (Lipinski definition) is 0. The van der Waals surface area contributed by atoms with Crippen LogP contribution in [0.4, 0.5) is 39.9 Å². The molecule has 4 aliphatic heterocycles. The van der Waals surface area contributed by atoms with E-state index in [1.807, 2.05) is 0 Å². The van der Waals surface area contributed by atoms with Crippen molar-refractivity contribution in [3.63, 3.8) is 0 Å². The summed E-state index contributed by atoms with van der Waals surface area (Å²) >= 11 is 0. The van der Waals surface area contributed by atoms with Gasteiger partial charge in [-0.05, 0) is 78.4 Å². The second-order valence-corrected chi connectivity index (χ2v) is 14.8. The van der Waals surface area contributed by atoms with E-state index < -0.39 is 10.8 Å². The van der Waals surface area contributed by atoms with E-state index >= 15 is 0 Å². The highest BCUT2D eigenvalue weighted by Crippen LogP contribution is 2.74. The van der Waals surface area contributed by atoms with E-state index in [1.165, 1.54) is 45.0 Å². The van der Waals surface area contributed by atoms with Gasteiger partial charge < -0.3 is 19.6 Å². The van der Waals surface area contributed by atoms with Gasteiger partial charge in [-0.15, -0.1) is 0 Å². The zero-order valence-electron chi connectivity index (χ0n) is 29.1. The van der Waals surface area contributed by atoms with Crippen molar-refractivity contribution >= 4 is 45.5 Å². The fourth-order valence-corrected chi connectivity index (χ4v) is 10.9. The van der Waals surface area contributed by atoms with Gasteiger partial charge in [0.15, 0.2) is 11.6 Å². The number of para-hydroxylation sites is 4. The molecule has 1 aromatic heterocycles. The molecule has 5 heterocycles. The molecular formula is C45H38N6. The molecule has 2 bridgehead atoms. The molecule has 0 N–H and O–H groups in total. The molecule has 6 nitrogen and oxygen atoms in total. The highest BCUT2D eigenvalue weighted by Gasteiger charge is 2.74. The predicted molar refractivity (Wildman–Crippen MR) is 208 cm³/mol.